The van der Waals surface area contributed by atoms with Crippen LogP contribution in [0.4, 0.5) is 5.69 Å². The Balaban J connectivity index is 1.71. The van der Waals surface area contributed by atoms with Crippen LogP contribution in [0.15, 0.2) is 69.9 Å². The zero-order valence-corrected chi connectivity index (χ0v) is 17.3. The minimum Gasteiger partial charge on any atom is -0.282 e. The van der Waals surface area contributed by atoms with E-state index in [-0.39, 0.29) is 11.2 Å². The van der Waals surface area contributed by atoms with Gasteiger partial charge >= 0.3 is 0 Å². The van der Waals surface area contributed by atoms with Crippen LogP contribution < -0.4 is 5.56 Å². The molecule has 0 amide bonds. The molecule has 0 bridgehead atoms. The van der Waals surface area contributed by atoms with Gasteiger partial charge in [0.1, 0.15) is 4.70 Å². The predicted octanol–water partition coefficient (Wildman–Crippen LogP) is 5.36. The fourth-order valence-electron chi connectivity index (χ4n) is 2.88. The summed E-state index contributed by atoms with van der Waals surface area (Å²) in [6.07, 6.45) is 0. The molecular formula is C20H14ClN3O3S2. The summed E-state index contributed by atoms with van der Waals surface area (Å²) in [5.74, 6) is 0.451. The van der Waals surface area contributed by atoms with Gasteiger partial charge in [0.05, 0.1) is 17.0 Å². The predicted molar refractivity (Wildman–Crippen MR) is 117 cm³/mol. The van der Waals surface area contributed by atoms with Crippen LogP contribution in [0.25, 0.3) is 10.2 Å². The number of nitro groups is 1. The van der Waals surface area contributed by atoms with Gasteiger partial charge in [-0.1, -0.05) is 53.7 Å². The molecule has 0 N–H and O–H groups in total. The van der Waals surface area contributed by atoms with Crippen LogP contribution in [0.5, 0.6) is 0 Å². The fraction of sp³-hybridized carbons (Fsp3) is 0.100. The molecule has 0 saturated heterocycles. The number of hydrogen-bond donors (Lipinski definition) is 0. The van der Waals surface area contributed by atoms with E-state index in [4.69, 9.17) is 11.6 Å². The number of non-ortho nitro benzene ring substituents is 1. The number of nitrogens with zero attached hydrogens (tertiary/aromatic N) is 3. The lowest BCUT2D eigenvalue weighted by atomic mass is 10.2. The topological polar surface area (TPSA) is 78.0 Å². The summed E-state index contributed by atoms with van der Waals surface area (Å²) in [7, 11) is 0. The molecule has 0 aliphatic rings. The number of thiophene rings is 1. The lowest BCUT2D eigenvalue weighted by molar-refractivity contribution is -0.384. The molecule has 9 heteroatoms. The SMILES string of the molecule is O=c1c2sccc2nc(SCc2cccc([N+](=O)[O-])c2)n1Cc1ccccc1Cl. The van der Waals surface area contributed by atoms with Gasteiger partial charge in [0.25, 0.3) is 11.2 Å². The highest BCUT2D eigenvalue weighted by Gasteiger charge is 2.15. The van der Waals surface area contributed by atoms with Crippen LogP contribution in [0.1, 0.15) is 11.1 Å². The molecule has 4 rings (SSSR count). The zero-order chi connectivity index (χ0) is 20.4. The summed E-state index contributed by atoms with van der Waals surface area (Å²) in [5.41, 5.74) is 2.18. The van der Waals surface area contributed by atoms with E-state index in [0.717, 1.165) is 11.1 Å². The molecule has 29 heavy (non-hydrogen) atoms. The van der Waals surface area contributed by atoms with Gasteiger partial charge < -0.3 is 0 Å². The Bertz CT molecular complexity index is 1270. The van der Waals surface area contributed by atoms with Crippen molar-refractivity contribution < 1.29 is 4.92 Å². The van der Waals surface area contributed by atoms with Crippen LogP contribution >= 0.6 is 34.7 Å². The smallest absolute Gasteiger partial charge is 0.272 e. The number of rotatable bonds is 6. The maximum atomic E-state index is 13.1. The van der Waals surface area contributed by atoms with Crippen molar-refractivity contribution in [1.82, 2.24) is 9.55 Å². The molecule has 4 aromatic rings. The molecule has 2 heterocycles. The van der Waals surface area contributed by atoms with E-state index in [2.05, 4.69) is 4.98 Å². The summed E-state index contributed by atoms with van der Waals surface area (Å²) in [6, 6.07) is 15.7. The first kappa shape index (κ1) is 19.6. The molecule has 0 aliphatic heterocycles. The second-order valence-corrected chi connectivity index (χ2v) is 8.49. The second kappa shape index (κ2) is 8.36. The lowest BCUT2D eigenvalue weighted by Crippen LogP contribution is -2.23. The third-order valence-corrected chi connectivity index (χ3v) is 6.61. The molecule has 2 aromatic carbocycles. The highest BCUT2D eigenvalue weighted by Crippen LogP contribution is 2.27. The van der Waals surface area contributed by atoms with Gasteiger partial charge in [-0.3, -0.25) is 19.5 Å². The van der Waals surface area contributed by atoms with Crippen LogP contribution in [-0.2, 0) is 12.3 Å². The van der Waals surface area contributed by atoms with Gasteiger partial charge in [0, 0.05) is 22.9 Å². The molecule has 0 aliphatic carbocycles. The fourth-order valence-corrected chi connectivity index (χ4v) is 4.79. The van der Waals surface area contributed by atoms with Crippen LogP contribution in [0.2, 0.25) is 5.02 Å². The Labute approximate surface area is 178 Å². The van der Waals surface area contributed by atoms with Gasteiger partial charge in [-0.25, -0.2) is 4.98 Å². The van der Waals surface area contributed by atoms with Crippen LogP contribution in [0, 0.1) is 10.1 Å². The van der Waals surface area contributed by atoms with E-state index in [1.807, 2.05) is 35.7 Å². The number of fused-ring (bicyclic) bond motifs is 1. The average molecular weight is 444 g/mol. The van der Waals surface area contributed by atoms with Crippen molar-refractivity contribution in [2.24, 2.45) is 0 Å². The highest BCUT2D eigenvalue weighted by atomic mass is 35.5. The normalized spacial score (nSPS) is 11.1. The van der Waals surface area contributed by atoms with Crippen molar-refractivity contribution in [3.8, 4) is 0 Å². The molecule has 0 unspecified atom stereocenters. The first-order valence-electron chi connectivity index (χ1n) is 8.60. The second-order valence-electron chi connectivity index (χ2n) is 6.23. The monoisotopic (exact) mass is 443 g/mol. The molecule has 146 valence electrons. The largest absolute Gasteiger partial charge is 0.282 e. The van der Waals surface area contributed by atoms with E-state index >= 15 is 0 Å². The minimum atomic E-state index is -0.419. The summed E-state index contributed by atoms with van der Waals surface area (Å²) in [4.78, 5) is 28.3. The maximum absolute atomic E-state index is 13.1. The van der Waals surface area contributed by atoms with Crippen molar-refractivity contribution in [1.29, 1.82) is 0 Å². The van der Waals surface area contributed by atoms with Gasteiger partial charge in [0.2, 0.25) is 0 Å². The molecule has 0 radical (unpaired) electrons. The molecular weight excluding hydrogens is 430 g/mol. The summed E-state index contributed by atoms with van der Waals surface area (Å²) < 4.78 is 2.21. The third kappa shape index (κ3) is 4.19. The number of halogens is 1. The first-order chi connectivity index (χ1) is 14.0. The van der Waals surface area contributed by atoms with Gasteiger partial charge in [0.15, 0.2) is 5.16 Å². The van der Waals surface area contributed by atoms with Crippen molar-refractivity contribution in [3.05, 3.63) is 96.6 Å². The van der Waals surface area contributed by atoms with E-state index in [1.165, 1.54) is 35.2 Å². The van der Waals surface area contributed by atoms with Crippen molar-refractivity contribution >= 4 is 50.6 Å². The van der Waals surface area contributed by atoms with E-state index in [1.54, 1.807) is 16.7 Å². The summed E-state index contributed by atoms with van der Waals surface area (Å²) in [6.45, 7) is 0.302. The number of aromatic nitrogens is 2. The first-order valence-corrected chi connectivity index (χ1v) is 10.8. The summed E-state index contributed by atoms with van der Waals surface area (Å²) in [5, 5.41) is 14.0. The Morgan fingerprint density at radius 1 is 1.17 bits per heavy atom. The van der Waals surface area contributed by atoms with E-state index in [9.17, 15) is 14.9 Å². The highest BCUT2D eigenvalue weighted by molar-refractivity contribution is 7.98. The lowest BCUT2D eigenvalue weighted by Gasteiger charge is -2.13. The molecule has 2 aromatic heterocycles. The molecule has 0 atom stereocenters. The number of nitro benzene ring substituents is 1. The Kier molecular flexibility index (Phi) is 5.66. The number of thioether (sulfide) groups is 1. The van der Waals surface area contributed by atoms with Gasteiger partial charge in [-0.15, -0.1) is 11.3 Å². The van der Waals surface area contributed by atoms with Crippen molar-refractivity contribution in [2.45, 2.75) is 17.5 Å². The Morgan fingerprint density at radius 3 is 2.79 bits per heavy atom. The zero-order valence-electron chi connectivity index (χ0n) is 14.9. The number of benzene rings is 2. The Morgan fingerprint density at radius 2 is 2.00 bits per heavy atom. The standard InChI is InChI=1S/C20H14ClN3O3S2/c21-16-7-2-1-5-14(16)11-23-19(25)18-17(8-9-28-18)22-20(23)29-12-13-4-3-6-15(10-13)24(26)27/h1-10H,11-12H2. The third-order valence-electron chi connectivity index (χ3n) is 4.31. The van der Waals surface area contributed by atoms with E-state index in [0.29, 0.717) is 32.7 Å². The Hall–Kier alpha value is -2.68. The van der Waals surface area contributed by atoms with Gasteiger partial charge in [-0.2, -0.15) is 0 Å². The molecule has 6 nitrogen and oxygen atoms in total. The number of hydrogen-bond acceptors (Lipinski definition) is 6. The summed E-state index contributed by atoms with van der Waals surface area (Å²) >= 11 is 9.02. The maximum Gasteiger partial charge on any atom is 0.272 e. The van der Waals surface area contributed by atoms with Crippen molar-refractivity contribution in [2.75, 3.05) is 0 Å². The van der Waals surface area contributed by atoms with Crippen molar-refractivity contribution in [3.63, 3.8) is 0 Å². The van der Waals surface area contributed by atoms with E-state index < -0.39 is 4.92 Å². The molecule has 0 saturated carbocycles. The quantitative estimate of drug-likeness (QED) is 0.173. The minimum absolute atomic E-state index is 0.0396. The van der Waals surface area contributed by atoms with Gasteiger partial charge in [-0.05, 0) is 28.6 Å². The van der Waals surface area contributed by atoms with Crippen LogP contribution in [-0.4, -0.2) is 14.5 Å². The molecule has 0 fully saturated rings. The molecule has 0 spiro atoms. The average Bonchev–Trinajstić information content (AvgIpc) is 3.19. The van der Waals surface area contributed by atoms with Crippen LogP contribution in [0.3, 0.4) is 0 Å².